The molecule has 0 bridgehead atoms. The van der Waals surface area contributed by atoms with E-state index in [0.29, 0.717) is 13.0 Å². The summed E-state index contributed by atoms with van der Waals surface area (Å²) in [6, 6.07) is 0. The van der Waals surface area contributed by atoms with Gasteiger partial charge in [-0.1, -0.05) is 13.8 Å². The standard InChI is InChI=1S/C11H22N2O2/c1-5-11(3)6-10(15)13(12(11)4)7-9(2)8-14/h9,14H,5-8H2,1-4H3. The molecular weight excluding hydrogens is 192 g/mol. The zero-order chi connectivity index (χ0) is 11.6. The van der Waals surface area contributed by atoms with Crippen molar-refractivity contribution in [3.8, 4) is 0 Å². The summed E-state index contributed by atoms with van der Waals surface area (Å²) in [6.07, 6.45) is 1.54. The first-order chi connectivity index (χ1) is 6.94. The molecule has 1 heterocycles. The van der Waals surface area contributed by atoms with Gasteiger partial charge in [0.15, 0.2) is 0 Å². The number of carbonyl (C=O) groups is 1. The third-order valence-corrected chi connectivity index (χ3v) is 3.52. The summed E-state index contributed by atoms with van der Waals surface area (Å²) < 4.78 is 0. The predicted octanol–water partition coefficient (Wildman–Crippen LogP) is 0.863. The summed E-state index contributed by atoms with van der Waals surface area (Å²) in [5, 5.41) is 12.8. The molecule has 1 fully saturated rings. The lowest BCUT2D eigenvalue weighted by Crippen LogP contribution is -2.47. The number of carbonyl (C=O) groups excluding carboxylic acids is 1. The van der Waals surface area contributed by atoms with Gasteiger partial charge in [0.2, 0.25) is 5.91 Å². The highest BCUT2D eigenvalue weighted by Crippen LogP contribution is 2.31. The molecule has 4 heteroatoms. The van der Waals surface area contributed by atoms with Crippen LogP contribution in [0.1, 0.15) is 33.6 Å². The van der Waals surface area contributed by atoms with Crippen molar-refractivity contribution >= 4 is 5.91 Å². The smallest absolute Gasteiger partial charge is 0.238 e. The van der Waals surface area contributed by atoms with Crippen molar-refractivity contribution in [3.05, 3.63) is 0 Å². The molecule has 1 aliphatic rings. The van der Waals surface area contributed by atoms with Gasteiger partial charge in [-0.2, -0.15) is 0 Å². The van der Waals surface area contributed by atoms with E-state index >= 15 is 0 Å². The van der Waals surface area contributed by atoms with Crippen molar-refractivity contribution in [2.45, 2.75) is 39.2 Å². The van der Waals surface area contributed by atoms with Crippen LogP contribution in [0.5, 0.6) is 0 Å². The molecule has 2 atom stereocenters. The molecule has 0 aromatic rings. The Morgan fingerprint density at radius 2 is 2.20 bits per heavy atom. The number of hydrazine groups is 1. The number of amides is 1. The largest absolute Gasteiger partial charge is 0.396 e. The first-order valence-corrected chi connectivity index (χ1v) is 5.59. The molecule has 0 radical (unpaired) electrons. The second-order valence-electron chi connectivity index (χ2n) is 4.81. The van der Waals surface area contributed by atoms with Crippen LogP contribution < -0.4 is 0 Å². The Morgan fingerprint density at radius 3 is 2.60 bits per heavy atom. The summed E-state index contributed by atoms with van der Waals surface area (Å²) in [7, 11) is 1.96. The number of rotatable bonds is 4. The minimum absolute atomic E-state index is 0.0493. The molecule has 0 aromatic carbocycles. The lowest BCUT2D eigenvalue weighted by molar-refractivity contribution is -0.140. The van der Waals surface area contributed by atoms with Crippen LogP contribution in [-0.4, -0.2) is 46.8 Å². The maximum absolute atomic E-state index is 11.8. The Labute approximate surface area is 91.8 Å². The van der Waals surface area contributed by atoms with Crippen molar-refractivity contribution < 1.29 is 9.90 Å². The average molecular weight is 214 g/mol. The van der Waals surface area contributed by atoms with E-state index in [1.807, 2.05) is 19.0 Å². The van der Waals surface area contributed by atoms with E-state index in [1.54, 1.807) is 5.01 Å². The van der Waals surface area contributed by atoms with Crippen LogP contribution in [0.25, 0.3) is 0 Å². The Balaban J connectivity index is 2.71. The minimum atomic E-state index is -0.0493. The predicted molar refractivity (Wildman–Crippen MR) is 59.0 cm³/mol. The fraction of sp³-hybridized carbons (Fsp3) is 0.909. The highest BCUT2D eigenvalue weighted by atomic mass is 16.3. The Hall–Kier alpha value is -0.610. The van der Waals surface area contributed by atoms with Crippen LogP contribution in [0, 0.1) is 5.92 Å². The number of nitrogens with zero attached hydrogens (tertiary/aromatic N) is 2. The first-order valence-electron chi connectivity index (χ1n) is 5.59. The average Bonchev–Trinajstić information content (AvgIpc) is 2.42. The van der Waals surface area contributed by atoms with Gasteiger partial charge in [0.05, 0.1) is 0 Å². The Bertz CT molecular complexity index is 245. The molecule has 1 rings (SSSR count). The summed E-state index contributed by atoms with van der Waals surface area (Å²) in [5.74, 6) is 0.303. The number of aliphatic hydroxyl groups excluding tert-OH is 1. The van der Waals surface area contributed by atoms with Gasteiger partial charge in [0.25, 0.3) is 0 Å². The molecule has 4 nitrogen and oxygen atoms in total. The third-order valence-electron chi connectivity index (χ3n) is 3.52. The van der Waals surface area contributed by atoms with Gasteiger partial charge < -0.3 is 5.11 Å². The van der Waals surface area contributed by atoms with Gasteiger partial charge in [0.1, 0.15) is 0 Å². The van der Waals surface area contributed by atoms with Gasteiger partial charge >= 0.3 is 0 Å². The van der Waals surface area contributed by atoms with Crippen molar-refractivity contribution in [2.75, 3.05) is 20.2 Å². The van der Waals surface area contributed by atoms with E-state index in [0.717, 1.165) is 6.42 Å². The SMILES string of the molecule is CCC1(C)CC(=O)N(CC(C)CO)N1C. The topological polar surface area (TPSA) is 43.8 Å². The monoisotopic (exact) mass is 214 g/mol. The third kappa shape index (κ3) is 2.32. The zero-order valence-corrected chi connectivity index (χ0v) is 10.2. The minimum Gasteiger partial charge on any atom is -0.396 e. The van der Waals surface area contributed by atoms with Crippen molar-refractivity contribution in [1.29, 1.82) is 0 Å². The van der Waals surface area contributed by atoms with Gasteiger partial charge in [-0.3, -0.25) is 9.80 Å². The molecule has 1 aliphatic heterocycles. The number of hydrogen-bond donors (Lipinski definition) is 1. The fourth-order valence-electron chi connectivity index (χ4n) is 1.92. The number of hydrogen-bond acceptors (Lipinski definition) is 3. The van der Waals surface area contributed by atoms with Crippen molar-refractivity contribution in [3.63, 3.8) is 0 Å². The molecule has 1 N–H and O–H groups in total. The van der Waals surface area contributed by atoms with Gasteiger partial charge in [-0.15, -0.1) is 0 Å². The fourth-order valence-corrected chi connectivity index (χ4v) is 1.92. The quantitative estimate of drug-likeness (QED) is 0.755. The Morgan fingerprint density at radius 1 is 1.60 bits per heavy atom. The van der Waals surface area contributed by atoms with Gasteiger partial charge in [-0.25, -0.2) is 5.01 Å². The van der Waals surface area contributed by atoms with Gasteiger partial charge in [0, 0.05) is 32.2 Å². The summed E-state index contributed by atoms with van der Waals surface area (Å²) in [5.41, 5.74) is -0.0493. The molecule has 1 saturated heterocycles. The van der Waals surface area contributed by atoms with E-state index in [2.05, 4.69) is 13.8 Å². The number of aliphatic hydroxyl groups is 1. The summed E-state index contributed by atoms with van der Waals surface area (Å²) in [6.45, 7) is 6.89. The summed E-state index contributed by atoms with van der Waals surface area (Å²) in [4.78, 5) is 11.8. The molecular formula is C11H22N2O2. The van der Waals surface area contributed by atoms with Gasteiger partial charge in [-0.05, 0) is 19.3 Å². The lowest BCUT2D eigenvalue weighted by atomic mass is 9.96. The van der Waals surface area contributed by atoms with Crippen LogP contribution in [0.2, 0.25) is 0 Å². The van der Waals surface area contributed by atoms with Crippen LogP contribution in [0.15, 0.2) is 0 Å². The van der Waals surface area contributed by atoms with Crippen LogP contribution in [-0.2, 0) is 4.79 Å². The molecule has 88 valence electrons. The molecule has 0 aromatic heterocycles. The highest BCUT2D eigenvalue weighted by molar-refractivity contribution is 5.79. The molecule has 0 saturated carbocycles. The lowest BCUT2D eigenvalue weighted by Gasteiger charge is -2.35. The second-order valence-corrected chi connectivity index (χ2v) is 4.81. The Kier molecular flexibility index (Phi) is 3.73. The molecule has 0 aliphatic carbocycles. The van der Waals surface area contributed by atoms with Crippen LogP contribution >= 0.6 is 0 Å². The summed E-state index contributed by atoms with van der Waals surface area (Å²) >= 11 is 0. The highest BCUT2D eigenvalue weighted by Gasteiger charge is 2.43. The molecule has 2 unspecified atom stereocenters. The van der Waals surface area contributed by atoms with E-state index < -0.39 is 0 Å². The molecule has 15 heavy (non-hydrogen) atoms. The van der Waals surface area contributed by atoms with Crippen LogP contribution in [0.3, 0.4) is 0 Å². The van der Waals surface area contributed by atoms with E-state index in [-0.39, 0.29) is 24.0 Å². The first kappa shape index (κ1) is 12.5. The second kappa shape index (κ2) is 4.49. The van der Waals surface area contributed by atoms with E-state index in [1.165, 1.54) is 0 Å². The molecule has 1 amide bonds. The van der Waals surface area contributed by atoms with Crippen LogP contribution in [0.4, 0.5) is 0 Å². The van der Waals surface area contributed by atoms with E-state index in [4.69, 9.17) is 5.11 Å². The maximum Gasteiger partial charge on any atom is 0.238 e. The van der Waals surface area contributed by atoms with E-state index in [9.17, 15) is 4.79 Å². The normalized spacial score (nSPS) is 29.9. The zero-order valence-electron chi connectivity index (χ0n) is 10.2. The maximum atomic E-state index is 11.8. The van der Waals surface area contributed by atoms with Crippen molar-refractivity contribution in [1.82, 2.24) is 10.0 Å². The van der Waals surface area contributed by atoms with Crippen molar-refractivity contribution in [2.24, 2.45) is 5.92 Å². The molecule has 0 spiro atoms.